The molecule has 0 saturated carbocycles. The van der Waals surface area contributed by atoms with Gasteiger partial charge >= 0.3 is 0 Å². The van der Waals surface area contributed by atoms with Gasteiger partial charge in [-0.3, -0.25) is 9.98 Å². The van der Waals surface area contributed by atoms with E-state index in [1.807, 2.05) is 24.3 Å². The van der Waals surface area contributed by atoms with E-state index in [0.29, 0.717) is 6.67 Å². The maximum Gasteiger partial charge on any atom is 0.115 e. The van der Waals surface area contributed by atoms with Crippen molar-refractivity contribution >= 4 is 72.2 Å². The molecule has 0 aliphatic rings. The van der Waals surface area contributed by atoms with E-state index in [1.54, 1.807) is 0 Å². The molecule has 0 atom stereocenters. The minimum absolute atomic E-state index is 0.455. The topological polar surface area (TPSA) is 29.6 Å². The number of benzene rings is 7. The lowest BCUT2D eigenvalue weighted by Gasteiger charge is -2.13. The van der Waals surface area contributed by atoms with E-state index in [4.69, 9.17) is 4.99 Å². The van der Waals surface area contributed by atoms with Crippen LogP contribution in [0.2, 0.25) is 0 Å². The van der Waals surface area contributed by atoms with Crippen LogP contribution in [0.25, 0.3) is 54.1 Å². The highest BCUT2D eigenvalue weighted by Gasteiger charge is 2.20. The van der Waals surface area contributed by atoms with Gasteiger partial charge in [0.05, 0.1) is 22.4 Å². The molecule has 0 aliphatic heterocycles. The molecule has 0 unspecified atom stereocenters. The lowest BCUT2D eigenvalue weighted by Crippen LogP contribution is -2.07. The van der Waals surface area contributed by atoms with Crippen molar-refractivity contribution in [2.45, 2.75) is 6.67 Å². The predicted octanol–water partition coefficient (Wildman–Crippen LogP) is 10.1. The summed E-state index contributed by atoms with van der Waals surface area (Å²) in [7, 11) is 0. The number of nitrogens with zero attached hydrogens (tertiary/aromatic N) is 3. The SMILES string of the molecule is C=Nc1ccccc1/C(=N\Cn1c2ccc3ccccc3c2c2c3ccccc3c3ccccc3c21)c1ccccc1. The van der Waals surface area contributed by atoms with Gasteiger partial charge in [0.1, 0.15) is 6.67 Å². The van der Waals surface area contributed by atoms with E-state index in [-0.39, 0.29) is 0 Å². The van der Waals surface area contributed by atoms with Crippen LogP contribution in [0.5, 0.6) is 0 Å². The molecule has 0 bridgehead atoms. The number of rotatable bonds is 5. The van der Waals surface area contributed by atoms with Crippen molar-refractivity contribution in [1.29, 1.82) is 0 Å². The number of aromatic nitrogens is 1. The third-order valence-corrected chi connectivity index (χ3v) is 8.37. The summed E-state index contributed by atoms with van der Waals surface area (Å²) < 4.78 is 2.40. The van der Waals surface area contributed by atoms with Crippen LogP contribution in [-0.2, 0) is 6.67 Å². The molecule has 7 aromatic carbocycles. The zero-order chi connectivity index (χ0) is 28.0. The Balaban J connectivity index is 1.51. The van der Waals surface area contributed by atoms with Crippen LogP contribution in [0, 0.1) is 0 Å². The fourth-order valence-electron chi connectivity index (χ4n) is 6.55. The Labute approximate surface area is 243 Å². The highest BCUT2D eigenvalue weighted by atomic mass is 15.1. The van der Waals surface area contributed by atoms with E-state index in [9.17, 15) is 0 Å². The highest BCUT2D eigenvalue weighted by molar-refractivity contribution is 6.35. The van der Waals surface area contributed by atoms with Crippen molar-refractivity contribution in [3.63, 3.8) is 0 Å². The lowest BCUT2D eigenvalue weighted by atomic mass is 9.95. The molecule has 8 aromatic rings. The first kappa shape index (κ1) is 24.3. The number of fused-ring (bicyclic) bond motifs is 10. The van der Waals surface area contributed by atoms with Crippen LogP contribution in [0.4, 0.5) is 5.69 Å². The Morgan fingerprint density at radius 1 is 0.548 bits per heavy atom. The summed E-state index contributed by atoms with van der Waals surface area (Å²) in [6, 6.07) is 49.2. The maximum atomic E-state index is 5.37. The van der Waals surface area contributed by atoms with Crippen molar-refractivity contribution in [2.24, 2.45) is 9.98 Å². The lowest BCUT2D eigenvalue weighted by molar-refractivity contribution is 0.795. The second-order valence-electron chi connectivity index (χ2n) is 10.6. The third kappa shape index (κ3) is 3.68. The Bertz CT molecular complexity index is 2340. The van der Waals surface area contributed by atoms with E-state index < -0.39 is 0 Å². The van der Waals surface area contributed by atoms with E-state index >= 15 is 0 Å². The molecule has 0 radical (unpaired) electrons. The van der Waals surface area contributed by atoms with Crippen molar-refractivity contribution in [3.05, 3.63) is 151 Å². The average Bonchev–Trinajstić information content (AvgIpc) is 3.41. The standard InChI is InChI=1S/C39H27N3/c1-40-34-22-12-11-21-33(34)38(27-14-3-2-4-15-27)41-25-42-35-24-23-26-13-5-6-16-28(26)36(35)37-31-19-9-7-17-29(31)30-18-8-10-20-32(30)39(37)42/h2-24H,1,25H2/b41-38-. The highest BCUT2D eigenvalue weighted by Crippen LogP contribution is 2.43. The zero-order valence-corrected chi connectivity index (χ0v) is 23.0. The van der Waals surface area contributed by atoms with Crippen molar-refractivity contribution in [1.82, 2.24) is 4.57 Å². The molecule has 42 heavy (non-hydrogen) atoms. The summed E-state index contributed by atoms with van der Waals surface area (Å²) in [5, 5.41) is 10.1. The van der Waals surface area contributed by atoms with Gasteiger partial charge in [-0.1, -0.05) is 127 Å². The molecule has 0 aliphatic carbocycles. The Hall–Kier alpha value is -5.54. The Kier molecular flexibility index (Phi) is 5.68. The summed E-state index contributed by atoms with van der Waals surface area (Å²) in [6.07, 6.45) is 0. The van der Waals surface area contributed by atoms with Gasteiger partial charge in [0.2, 0.25) is 0 Å². The normalized spacial score (nSPS) is 12.1. The van der Waals surface area contributed by atoms with Crippen molar-refractivity contribution < 1.29 is 0 Å². The van der Waals surface area contributed by atoms with Crippen LogP contribution in [0.15, 0.2) is 150 Å². The first-order chi connectivity index (χ1) is 20.8. The number of aliphatic imine (C=N–C) groups is 2. The first-order valence-electron chi connectivity index (χ1n) is 14.2. The second kappa shape index (κ2) is 9.83. The van der Waals surface area contributed by atoms with Gasteiger partial charge in [-0.2, -0.15) is 0 Å². The van der Waals surface area contributed by atoms with E-state index in [1.165, 1.54) is 54.1 Å². The molecule has 0 fully saturated rings. The fourth-order valence-corrected chi connectivity index (χ4v) is 6.55. The van der Waals surface area contributed by atoms with Gasteiger partial charge in [0, 0.05) is 27.3 Å². The maximum absolute atomic E-state index is 5.37. The number of hydrogen-bond acceptors (Lipinski definition) is 2. The summed E-state index contributed by atoms with van der Waals surface area (Å²) in [6.45, 7) is 4.30. The largest absolute Gasteiger partial charge is 0.320 e. The van der Waals surface area contributed by atoms with Gasteiger partial charge < -0.3 is 4.57 Å². The summed E-state index contributed by atoms with van der Waals surface area (Å²) >= 11 is 0. The molecular formula is C39H27N3. The Morgan fingerprint density at radius 2 is 1.17 bits per heavy atom. The molecule has 3 heteroatoms. The third-order valence-electron chi connectivity index (χ3n) is 8.37. The van der Waals surface area contributed by atoms with Crippen molar-refractivity contribution in [3.8, 4) is 0 Å². The van der Waals surface area contributed by atoms with Crippen LogP contribution in [-0.4, -0.2) is 17.0 Å². The van der Waals surface area contributed by atoms with Gasteiger partial charge in [-0.25, -0.2) is 0 Å². The molecule has 1 aromatic heterocycles. The minimum Gasteiger partial charge on any atom is -0.320 e. The predicted molar refractivity (Wildman–Crippen MR) is 180 cm³/mol. The van der Waals surface area contributed by atoms with Crippen molar-refractivity contribution in [2.75, 3.05) is 0 Å². The molecule has 0 saturated heterocycles. The summed E-state index contributed by atoms with van der Waals surface area (Å²) in [4.78, 5) is 9.71. The van der Waals surface area contributed by atoms with E-state index in [2.05, 4.69) is 132 Å². The quantitative estimate of drug-likeness (QED) is 0.154. The van der Waals surface area contributed by atoms with Crippen LogP contribution in [0.3, 0.4) is 0 Å². The zero-order valence-electron chi connectivity index (χ0n) is 23.0. The number of para-hydroxylation sites is 1. The van der Waals surface area contributed by atoms with Crippen LogP contribution in [0.1, 0.15) is 11.1 Å². The van der Waals surface area contributed by atoms with Crippen LogP contribution < -0.4 is 0 Å². The molecular weight excluding hydrogens is 510 g/mol. The molecule has 1 heterocycles. The second-order valence-corrected chi connectivity index (χ2v) is 10.6. The fraction of sp³-hybridized carbons (Fsp3) is 0.0256. The molecule has 0 N–H and O–H groups in total. The smallest absolute Gasteiger partial charge is 0.115 e. The van der Waals surface area contributed by atoms with Crippen LogP contribution >= 0.6 is 0 Å². The summed E-state index contributed by atoms with van der Waals surface area (Å²) in [5.74, 6) is 0. The molecule has 8 rings (SSSR count). The molecule has 0 amide bonds. The Morgan fingerprint density at radius 3 is 1.95 bits per heavy atom. The molecule has 3 nitrogen and oxygen atoms in total. The van der Waals surface area contributed by atoms with Gasteiger partial charge in [0.15, 0.2) is 0 Å². The molecule has 0 spiro atoms. The summed E-state index contributed by atoms with van der Waals surface area (Å²) in [5.41, 5.74) is 6.14. The minimum atomic E-state index is 0.455. The van der Waals surface area contributed by atoms with Gasteiger partial charge in [-0.15, -0.1) is 0 Å². The molecule has 198 valence electrons. The van der Waals surface area contributed by atoms with Gasteiger partial charge in [-0.05, 0) is 45.8 Å². The average molecular weight is 538 g/mol. The van der Waals surface area contributed by atoms with Gasteiger partial charge in [0.25, 0.3) is 0 Å². The first-order valence-corrected chi connectivity index (χ1v) is 14.2. The number of hydrogen-bond donors (Lipinski definition) is 0. The monoisotopic (exact) mass is 537 g/mol. The van der Waals surface area contributed by atoms with E-state index in [0.717, 1.165) is 22.5 Å².